The first-order chi connectivity index (χ1) is 19.5. The van der Waals surface area contributed by atoms with Gasteiger partial charge in [-0.3, -0.25) is 4.90 Å². The molecular formula is C31H29FN6O3. The van der Waals surface area contributed by atoms with Crippen molar-refractivity contribution < 1.29 is 18.7 Å². The largest absolute Gasteiger partial charge is 0.443 e. The lowest BCUT2D eigenvalue weighted by molar-refractivity contribution is 0.0576. The van der Waals surface area contributed by atoms with Crippen molar-refractivity contribution in [3.05, 3.63) is 78.0 Å². The highest BCUT2D eigenvalue weighted by Crippen LogP contribution is 2.48. The minimum Gasteiger partial charge on any atom is -0.443 e. The van der Waals surface area contributed by atoms with Crippen LogP contribution in [0.15, 0.2) is 60.9 Å². The van der Waals surface area contributed by atoms with Crippen LogP contribution in [-0.4, -0.2) is 31.2 Å². The van der Waals surface area contributed by atoms with E-state index in [1.165, 1.54) is 11.2 Å². The van der Waals surface area contributed by atoms with Gasteiger partial charge in [0.2, 0.25) is 5.88 Å². The number of fused-ring (bicyclic) bond motifs is 2. The first-order valence-electron chi connectivity index (χ1n) is 13.1. The van der Waals surface area contributed by atoms with Crippen molar-refractivity contribution >= 4 is 28.6 Å². The van der Waals surface area contributed by atoms with Gasteiger partial charge in [-0.15, -0.1) is 0 Å². The van der Waals surface area contributed by atoms with Crippen LogP contribution in [-0.2, 0) is 18.3 Å². The highest BCUT2D eigenvalue weighted by atomic mass is 19.1. The molecule has 0 saturated heterocycles. The molecule has 0 aliphatic carbocycles. The molecule has 6 rings (SSSR count). The van der Waals surface area contributed by atoms with Crippen LogP contribution in [0.25, 0.3) is 33.4 Å². The van der Waals surface area contributed by atoms with Crippen LogP contribution in [0.1, 0.15) is 32.0 Å². The molecule has 1 amide bonds. The van der Waals surface area contributed by atoms with Crippen LogP contribution in [0.5, 0.6) is 11.6 Å². The van der Waals surface area contributed by atoms with Crippen LogP contribution in [0.4, 0.5) is 20.7 Å². The van der Waals surface area contributed by atoms with Gasteiger partial charge in [-0.2, -0.15) is 0 Å². The van der Waals surface area contributed by atoms with Gasteiger partial charge in [0.1, 0.15) is 17.6 Å². The highest BCUT2D eigenvalue weighted by Gasteiger charge is 2.35. The summed E-state index contributed by atoms with van der Waals surface area (Å²) >= 11 is 0. The SMILES string of the molecule is Cc1cccc(Oc2ccc3c(c2F)CN(C(=O)OC(C)(C)C)c2ncnc4c2c-3c(-c2ccc(N)cc2)n4C)n1. The molecule has 3 aromatic heterocycles. The first-order valence-corrected chi connectivity index (χ1v) is 13.1. The molecule has 4 heterocycles. The van der Waals surface area contributed by atoms with Gasteiger partial charge in [0.15, 0.2) is 17.4 Å². The van der Waals surface area contributed by atoms with Crippen LogP contribution in [0.2, 0.25) is 0 Å². The van der Waals surface area contributed by atoms with Gasteiger partial charge in [0, 0.05) is 35.6 Å². The number of carbonyl (C=O) groups excluding carboxylic acids is 1. The van der Waals surface area contributed by atoms with E-state index in [0.29, 0.717) is 33.7 Å². The van der Waals surface area contributed by atoms with Gasteiger partial charge in [-0.1, -0.05) is 24.3 Å². The Morgan fingerprint density at radius 1 is 1.05 bits per heavy atom. The molecule has 0 unspecified atom stereocenters. The average molecular weight is 553 g/mol. The van der Waals surface area contributed by atoms with E-state index >= 15 is 4.39 Å². The number of anilines is 2. The number of nitrogens with two attached hydrogens (primary N) is 1. The number of ether oxygens (including phenoxy) is 2. The predicted molar refractivity (Wildman–Crippen MR) is 155 cm³/mol. The summed E-state index contributed by atoms with van der Waals surface area (Å²) in [6.07, 6.45) is 0.746. The lowest BCUT2D eigenvalue weighted by Crippen LogP contribution is -2.37. The number of halogens is 1. The summed E-state index contributed by atoms with van der Waals surface area (Å²) in [7, 11) is 1.88. The van der Waals surface area contributed by atoms with Gasteiger partial charge < -0.3 is 19.8 Å². The molecule has 41 heavy (non-hydrogen) atoms. The fourth-order valence-electron chi connectivity index (χ4n) is 5.14. The van der Waals surface area contributed by atoms with Gasteiger partial charge in [-0.05, 0) is 63.1 Å². The number of rotatable bonds is 3. The monoisotopic (exact) mass is 552 g/mol. The molecule has 10 heteroatoms. The van der Waals surface area contributed by atoms with Gasteiger partial charge >= 0.3 is 6.09 Å². The molecule has 9 nitrogen and oxygen atoms in total. The van der Waals surface area contributed by atoms with E-state index in [1.807, 2.05) is 48.9 Å². The lowest BCUT2D eigenvalue weighted by Gasteiger charge is -2.27. The molecule has 0 atom stereocenters. The maximum Gasteiger partial charge on any atom is 0.416 e. The molecule has 208 valence electrons. The van der Waals surface area contributed by atoms with Crippen molar-refractivity contribution in [1.29, 1.82) is 0 Å². The standard InChI is InChI=1S/C31H29FN6O3/c1-17-7-6-8-23(36-17)40-22-14-13-20-21(26(22)32)15-38(30(39)41-31(2,3)4)29-25-24(20)27(18-9-11-19(33)12-10-18)37(5)28(25)34-16-35-29/h6-14,16H,15,33H2,1-5H3. The van der Waals surface area contributed by atoms with Crippen LogP contribution < -0.4 is 15.4 Å². The minimum atomic E-state index is -0.784. The molecule has 1 aliphatic rings. The first kappa shape index (κ1) is 26.2. The summed E-state index contributed by atoms with van der Waals surface area (Å²) in [4.78, 5) is 28.4. The van der Waals surface area contributed by atoms with E-state index in [4.69, 9.17) is 15.2 Å². The third-order valence-corrected chi connectivity index (χ3v) is 6.87. The number of amides is 1. The number of hydrogen-bond acceptors (Lipinski definition) is 7. The van der Waals surface area contributed by atoms with Crippen LogP contribution in [0.3, 0.4) is 0 Å². The number of aromatic nitrogens is 4. The highest BCUT2D eigenvalue weighted by molar-refractivity contribution is 6.12. The zero-order chi connectivity index (χ0) is 29.1. The summed E-state index contributed by atoms with van der Waals surface area (Å²) in [5.74, 6) is -0.0279. The van der Waals surface area contributed by atoms with Crippen LogP contribution >= 0.6 is 0 Å². The average Bonchev–Trinajstić information content (AvgIpc) is 3.11. The van der Waals surface area contributed by atoms with Gasteiger partial charge in [-0.25, -0.2) is 24.1 Å². The number of nitrogen functional groups attached to an aromatic ring is 1. The Labute approximate surface area is 236 Å². The Kier molecular flexibility index (Phi) is 6.13. The quantitative estimate of drug-likeness (QED) is 0.246. The lowest BCUT2D eigenvalue weighted by atomic mass is 9.95. The Hall–Kier alpha value is -4.99. The number of pyridine rings is 1. The molecule has 0 radical (unpaired) electrons. The third-order valence-electron chi connectivity index (χ3n) is 6.87. The van der Waals surface area contributed by atoms with Crippen molar-refractivity contribution in [2.24, 2.45) is 7.05 Å². The van der Waals surface area contributed by atoms with Crippen molar-refractivity contribution in [2.45, 2.75) is 39.8 Å². The Morgan fingerprint density at radius 3 is 2.51 bits per heavy atom. The summed E-state index contributed by atoms with van der Waals surface area (Å²) in [5, 5.41) is 0.611. The molecule has 0 fully saturated rings. The zero-order valence-electron chi connectivity index (χ0n) is 23.4. The molecule has 0 saturated carbocycles. The number of benzene rings is 2. The molecule has 0 spiro atoms. The summed E-state index contributed by atoms with van der Waals surface area (Å²) in [5.41, 5.74) is 10.3. The van der Waals surface area contributed by atoms with Crippen molar-refractivity contribution in [2.75, 3.05) is 10.6 Å². The smallest absolute Gasteiger partial charge is 0.416 e. The summed E-state index contributed by atoms with van der Waals surface area (Å²) in [6.45, 7) is 7.03. The predicted octanol–water partition coefficient (Wildman–Crippen LogP) is 6.77. The number of carbonyl (C=O) groups is 1. The van der Waals surface area contributed by atoms with E-state index < -0.39 is 17.5 Å². The maximum absolute atomic E-state index is 16.5. The van der Waals surface area contributed by atoms with E-state index in [9.17, 15) is 4.79 Å². The van der Waals surface area contributed by atoms with E-state index in [-0.39, 0.29) is 23.7 Å². The van der Waals surface area contributed by atoms with Crippen molar-refractivity contribution in [3.8, 4) is 34.0 Å². The van der Waals surface area contributed by atoms with Crippen LogP contribution in [0, 0.1) is 12.7 Å². The fourth-order valence-corrected chi connectivity index (χ4v) is 5.14. The number of hydrogen-bond donors (Lipinski definition) is 1. The fraction of sp³-hybridized carbons (Fsp3) is 0.226. The van der Waals surface area contributed by atoms with E-state index in [0.717, 1.165) is 17.0 Å². The second kappa shape index (κ2) is 9.58. The Bertz CT molecular complexity index is 1830. The molecule has 2 aromatic carbocycles. The molecule has 2 N–H and O–H groups in total. The second-order valence-corrected chi connectivity index (χ2v) is 11.0. The number of nitrogens with zero attached hydrogens (tertiary/aromatic N) is 5. The normalized spacial score (nSPS) is 12.7. The second-order valence-electron chi connectivity index (χ2n) is 11.0. The van der Waals surface area contributed by atoms with Crippen molar-refractivity contribution in [3.63, 3.8) is 0 Å². The molecule has 1 aliphatic heterocycles. The number of aryl methyl sites for hydroxylation is 2. The third kappa shape index (κ3) is 4.61. The summed E-state index contributed by atoms with van der Waals surface area (Å²) < 4.78 is 30.1. The van der Waals surface area contributed by atoms with Gasteiger partial charge in [0.05, 0.1) is 17.6 Å². The molecule has 5 aromatic rings. The zero-order valence-corrected chi connectivity index (χ0v) is 23.4. The van der Waals surface area contributed by atoms with Crippen molar-refractivity contribution in [1.82, 2.24) is 19.5 Å². The van der Waals surface area contributed by atoms with Gasteiger partial charge in [0.25, 0.3) is 0 Å². The maximum atomic E-state index is 16.5. The Balaban J connectivity index is 1.63. The topological polar surface area (TPSA) is 108 Å². The Morgan fingerprint density at radius 2 is 1.80 bits per heavy atom. The summed E-state index contributed by atoms with van der Waals surface area (Å²) in [6, 6.07) is 16.1. The van der Waals surface area contributed by atoms with E-state index in [2.05, 4.69) is 15.0 Å². The molecular weight excluding hydrogens is 523 g/mol. The molecule has 0 bridgehead atoms. The minimum absolute atomic E-state index is 0.00996. The van der Waals surface area contributed by atoms with E-state index in [1.54, 1.807) is 45.0 Å².